The van der Waals surface area contributed by atoms with E-state index in [1.54, 1.807) is 11.0 Å². The van der Waals surface area contributed by atoms with Crippen molar-refractivity contribution >= 4 is 33.0 Å². The van der Waals surface area contributed by atoms with Gasteiger partial charge in [0.1, 0.15) is 11.6 Å². The van der Waals surface area contributed by atoms with E-state index in [1.807, 2.05) is 6.92 Å². The summed E-state index contributed by atoms with van der Waals surface area (Å²) in [4.78, 5) is 25.5. The number of carbonyl (C=O) groups excluding carboxylic acids is 2. The van der Waals surface area contributed by atoms with Crippen molar-refractivity contribution in [1.82, 2.24) is 0 Å². The fourth-order valence-electron chi connectivity index (χ4n) is 3.05. The predicted octanol–water partition coefficient (Wildman–Crippen LogP) is 2.68. The third-order valence-corrected chi connectivity index (χ3v) is 6.18. The summed E-state index contributed by atoms with van der Waals surface area (Å²) >= 11 is 0. The standard InChI is InChI=1S/C19H18F2N2O4S/c1-2-23-17-6-4-14(9-12(17)10-19(23)25)28(26,27)8-7-18(24)22-16-5-3-13(20)11-15(16)21/h3-6,9,11H,2,7-8,10H2,1H3,(H,22,24). The number of sulfone groups is 1. The first-order valence-corrected chi connectivity index (χ1v) is 10.3. The molecule has 0 saturated carbocycles. The molecule has 2 aromatic rings. The van der Waals surface area contributed by atoms with Crippen LogP contribution in [0.15, 0.2) is 41.3 Å². The van der Waals surface area contributed by atoms with Crippen LogP contribution >= 0.6 is 0 Å². The predicted molar refractivity (Wildman–Crippen MR) is 99.8 cm³/mol. The summed E-state index contributed by atoms with van der Waals surface area (Å²) in [5.74, 6) is -3.00. The first-order chi connectivity index (χ1) is 13.2. The second kappa shape index (κ2) is 7.67. The lowest BCUT2D eigenvalue weighted by molar-refractivity contribution is -0.117. The Kier molecular flexibility index (Phi) is 5.46. The molecule has 0 unspecified atom stereocenters. The van der Waals surface area contributed by atoms with Crippen molar-refractivity contribution in [2.45, 2.75) is 24.7 Å². The fraction of sp³-hybridized carbons (Fsp3) is 0.263. The molecule has 1 N–H and O–H groups in total. The molecule has 3 rings (SSSR count). The van der Waals surface area contributed by atoms with Gasteiger partial charge in [-0.2, -0.15) is 0 Å². The van der Waals surface area contributed by atoms with Crippen molar-refractivity contribution in [3.05, 3.63) is 53.6 Å². The number of benzene rings is 2. The largest absolute Gasteiger partial charge is 0.324 e. The minimum absolute atomic E-state index is 0.0257. The first kappa shape index (κ1) is 19.9. The molecule has 0 saturated heterocycles. The van der Waals surface area contributed by atoms with Crippen molar-refractivity contribution in [2.24, 2.45) is 0 Å². The van der Waals surface area contributed by atoms with Crippen LogP contribution in [0.2, 0.25) is 0 Å². The third kappa shape index (κ3) is 4.04. The van der Waals surface area contributed by atoms with Crippen LogP contribution < -0.4 is 10.2 Å². The van der Waals surface area contributed by atoms with Gasteiger partial charge >= 0.3 is 0 Å². The van der Waals surface area contributed by atoms with Gasteiger partial charge in [-0.25, -0.2) is 17.2 Å². The summed E-state index contributed by atoms with van der Waals surface area (Å²) in [6.07, 6.45) is -0.257. The Morgan fingerprint density at radius 3 is 2.61 bits per heavy atom. The van der Waals surface area contributed by atoms with Gasteiger partial charge in [0.05, 0.1) is 22.8 Å². The fourth-order valence-corrected chi connectivity index (χ4v) is 4.34. The molecule has 0 aromatic heterocycles. The normalized spacial score (nSPS) is 13.5. The zero-order chi connectivity index (χ0) is 20.5. The molecular formula is C19H18F2N2O4S. The van der Waals surface area contributed by atoms with Crippen LogP contribution in [-0.2, 0) is 25.8 Å². The number of anilines is 2. The molecule has 0 atom stereocenters. The number of rotatable bonds is 6. The van der Waals surface area contributed by atoms with Crippen LogP contribution in [0.3, 0.4) is 0 Å². The van der Waals surface area contributed by atoms with Crippen LogP contribution in [0.5, 0.6) is 0 Å². The van der Waals surface area contributed by atoms with Gasteiger partial charge in [-0.15, -0.1) is 0 Å². The van der Waals surface area contributed by atoms with Gasteiger partial charge in [0.15, 0.2) is 9.84 Å². The van der Waals surface area contributed by atoms with Crippen LogP contribution in [0.25, 0.3) is 0 Å². The lowest BCUT2D eigenvalue weighted by atomic mass is 10.2. The smallest absolute Gasteiger partial charge is 0.231 e. The highest BCUT2D eigenvalue weighted by atomic mass is 32.2. The summed E-state index contributed by atoms with van der Waals surface area (Å²) in [7, 11) is -3.77. The van der Waals surface area contributed by atoms with Crippen molar-refractivity contribution in [2.75, 3.05) is 22.5 Å². The molecule has 0 bridgehead atoms. The molecule has 0 fully saturated rings. The molecule has 28 heavy (non-hydrogen) atoms. The zero-order valence-electron chi connectivity index (χ0n) is 15.0. The molecular weight excluding hydrogens is 390 g/mol. The van der Waals surface area contributed by atoms with E-state index in [2.05, 4.69) is 5.32 Å². The van der Waals surface area contributed by atoms with Crippen molar-refractivity contribution < 1.29 is 26.8 Å². The number of fused-ring (bicyclic) bond motifs is 1. The average molecular weight is 408 g/mol. The van der Waals surface area contributed by atoms with Crippen molar-refractivity contribution in [3.63, 3.8) is 0 Å². The summed E-state index contributed by atoms with van der Waals surface area (Å²) in [5, 5.41) is 2.23. The zero-order valence-corrected chi connectivity index (χ0v) is 15.9. The van der Waals surface area contributed by atoms with E-state index >= 15 is 0 Å². The van der Waals surface area contributed by atoms with Crippen LogP contribution in [0, 0.1) is 11.6 Å². The Morgan fingerprint density at radius 2 is 1.93 bits per heavy atom. The van der Waals surface area contributed by atoms with Gasteiger partial charge in [0.2, 0.25) is 11.8 Å². The van der Waals surface area contributed by atoms with E-state index in [0.29, 0.717) is 23.9 Å². The molecule has 1 aliphatic heterocycles. The molecule has 2 amide bonds. The maximum Gasteiger partial charge on any atom is 0.231 e. The Labute approximate surface area is 161 Å². The van der Waals surface area contributed by atoms with E-state index in [-0.39, 0.29) is 22.9 Å². The molecule has 0 spiro atoms. The molecule has 6 nitrogen and oxygen atoms in total. The van der Waals surface area contributed by atoms with Crippen molar-refractivity contribution in [3.8, 4) is 0 Å². The van der Waals surface area contributed by atoms with Gasteiger partial charge in [0.25, 0.3) is 0 Å². The van der Waals surface area contributed by atoms with Crippen LogP contribution in [0.4, 0.5) is 20.2 Å². The number of hydrogen-bond donors (Lipinski definition) is 1. The summed E-state index contributed by atoms with van der Waals surface area (Å²) in [5.41, 5.74) is 1.10. The Morgan fingerprint density at radius 1 is 1.18 bits per heavy atom. The molecule has 2 aromatic carbocycles. The van der Waals surface area contributed by atoms with Gasteiger partial charge in [-0.3, -0.25) is 9.59 Å². The number of carbonyl (C=O) groups is 2. The van der Waals surface area contributed by atoms with E-state index in [0.717, 1.165) is 12.1 Å². The molecule has 0 aliphatic carbocycles. The number of nitrogens with zero attached hydrogens (tertiary/aromatic N) is 1. The minimum atomic E-state index is -3.77. The highest BCUT2D eigenvalue weighted by Crippen LogP contribution is 2.31. The molecule has 1 heterocycles. The van der Waals surface area contributed by atoms with Gasteiger partial charge in [0, 0.05) is 24.7 Å². The first-order valence-electron chi connectivity index (χ1n) is 8.62. The van der Waals surface area contributed by atoms with Gasteiger partial charge < -0.3 is 10.2 Å². The Hall–Kier alpha value is -2.81. The Bertz CT molecular complexity index is 1050. The quantitative estimate of drug-likeness (QED) is 0.797. The average Bonchev–Trinajstić information content (AvgIpc) is 2.96. The monoisotopic (exact) mass is 408 g/mol. The molecule has 148 valence electrons. The van der Waals surface area contributed by atoms with Gasteiger partial charge in [-0.1, -0.05) is 0 Å². The topological polar surface area (TPSA) is 83.6 Å². The number of nitrogens with one attached hydrogen (secondary N) is 1. The summed E-state index contributed by atoms with van der Waals surface area (Å²) in [6.45, 7) is 2.33. The SMILES string of the molecule is CCN1C(=O)Cc2cc(S(=O)(=O)CCC(=O)Nc3ccc(F)cc3F)ccc21. The number of likely N-dealkylation sites (N-methyl/N-ethyl adjacent to an activating group) is 1. The van der Waals surface area contributed by atoms with E-state index in [1.165, 1.54) is 12.1 Å². The molecule has 9 heteroatoms. The highest BCUT2D eigenvalue weighted by Gasteiger charge is 2.28. The van der Waals surface area contributed by atoms with Crippen molar-refractivity contribution in [1.29, 1.82) is 0 Å². The summed E-state index contributed by atoms with van der Waals surface area (Å²) in [6, 6.07) is 7.13. The lowest BCUT2D eigenvalue weighted by Crippen LogP contribution is -2.25. The van der Waals surface area contributed by atoms with Crippen LogP contribution in [0.1, 0.15) is 18.9 Å². The van der Waals surface area contributed by atoms with E-state index in [9.17, 15) is 26.8 Å². The van der Waals surface area contributed by atoms with Crippen LogP contribution in [-0.4, -0.2) is 32.5 Å². The second-order valence-electron chi connectivity index (χ2n) is 6.35. The molecule has 1 aliphatic rings. The second-order valence-corrected chi connectivity index (χ2v) is 8.46. The van der Waals surface area contributed by atoms with Gasteiger partial charge in [-0.05, 0) is 42.8 Å². The Balaban J connectivity index is 1.68. The number of hydrogen-bond acceptors (Lipinski definition) is 4. The lowest BCUT2D eigenvalue weighted by Gasteiger charge is -2.14. The maximum absolute atomic E-state index is 13.6. The maximum atomic E-state index is 13.6. The highest BCUT2D eigenvalue weighted by molar-refractivity contribution is 7.91. The third-order valence-electron chi connectivity index (χ3n) is 4.46. The van der Waals surface area contributed by atoms with E-state index < -0.39 is 39.6 Å². The minimum Gasteiger partial charge on any atom is -0.324 e. The van der Waals surface area contributed by atoms with E-state index in [4.69, 9.17) is 0 Å². The number of amides is 2. The number of halogens is 2. The molecule has 0 radical (unpaired) electrons. The summed E-state index contributed by atoms with van der Waals surface area (Å²) < 4.78 is 51.5.